The summed E-state index contributed by atoms with van der Waals surface area (Å²) in [6.45, 7) is 5.45. The van der Waals surface area contributed by atoms with E-state index in [0.717, 1.165) is 5.39 Å². The largest absolute Gasteiger partial charge is 0.444 e. The Bertz CT molecular complexity index is 982. The fraction of sp³-hybridized carbons (Fsp3) is 0.455. The first-order valence-corrected chi connectivity index (χ1v) is 9.42. The number of ether oxygens (including phenoxy) is 1. The third kappa shape index (κ3) is 5.14. The minimum Gasteiger partial charge on any atom is -0.444 e. The van der Waals surface area contributed by atoms with E-state index in [0.29, 0.717) is 36.8 Å². The third-order valence-electron chi connectivity index (χ3n) is 4.61. The molecule has 1 aromatic carbocycles. The molecule has 0 atom stereocenters. The van der Waals surface area contributed by atoms with Gasteiger partial charge >= 0.3 is 11.7 Å². The number of aliphatic hydroxyl groups is 1. The highest BCUT2D eigenvalue weighted by molar-refractivity contribution is 5.82. The molecule has 0 radical (unpaired) electrons. The van der Waals surface area contributed by atoms with Gasteiger partial charge in [0.1, 0.15) is 11.2 Å². The Morgan fingerprint density at radius 2 is 1.96 bits per heavy atom. The Balaban J connectivity index is 1.67. The maximum Gasteiger partial charge on any atom is 0.407 e. The number of fused-ring (bicyclic) bond motifs is 1. The van der Waals surface area contributed by atoms with Gasteiger partial charge in [-0.15, -0.1) is 0 Å². The van der Waals surface area contributed by atoms with Gasteiger partial charge in [0.05, 0.1) is 5.56 Å². The van der Waals surface area contributed by atoms with E-state index in [1.807, 2.05) is 32.9 Å². The summed E-state index contributed by atoms with van der Waals surface area (Å²) in [6, 6.07) is 8.44. The molecule has 1 aromatic heterocycles. The number of rotatable bonds is 1. The lowest BCUT2D eigenvalue weighted by Gasteiger charge is -2.33. The van der Waals surface area contributed by atoms with Crippen LogP contribution in [0.25, 0.3) is 11.0 Å². The molecule has 2 N–H and O–H groups in total. The van der Waals surface area contributed by atoms with E-state index in [1.165, 1.54) is 6.07 Å². The first kappa shape index (κ1) is 20.0. The van der Waals surface area contributed by atoms with E-state index >= 15 is 0 Å². The van der Waals surface area contributed by atoms with Crippen LogP contribution in [0.5, 0.6) is 0 Å². The van der Waals surface area contributed by atoms with Gasteiger partial charge in [-0.05, 0) is 58.6 Å². The number of benzene rings is 1. The second-order valence-corrected chi connectivity index (χ2v) is 8.18. The first-order valence-electron chi connectivity index (χ1n) is 9.42. The quantitative estimate of drug-likeness (QED) is 0.582. The lowest BCUT2D eigenvalue weighted by Crippen LogP contribution is -2.44. The normalized spacial score (nSPS) is 22.2. The molecule has 6 heteroatoms. The van der Waals surface area contributed by atoms with Crippen molar-refractivity contribution in [2.45, 2.75) is 63.7 Å². The second kappa shape index (κ2) is 7.69. The first-order chi connectivity index (χ1) is 13.1. The Morgan fingerprint density at radius 1 is 1.25 bits per heavy atom. The van der Waals surface area contributed by atoms with Crippen molar-refractivity contribution in [3.05, 3.63) is 46.3 Å². The predicted molar refractivity (Wildman–Crippen MR) is 106 cm³/mol. The Labute approximate surface area is 163 Å². The molecule has 1 fully saturated rings. The smallest absolute Gasteiger partial charge is 0.407 e. The average molecular weight is 383 g/mol. The van der Waals surface area contributed by atoms with Crippen molar-refractivity contribution in [2.75, 3.05) is 0 Å². The maximum absolute atomic E-state index is 11.9. The van der Waals surface area contributed by atoms with E-state index in [9.17, 15) is 14.7 Å². The number of nitrogens with one attached hydrogen (secondary N) is 1. The summed E-state index contributed by atoms with van der Waals surface area (Å²) in [5, 5.41) is 14.4. The minimum atomic E-state index is -1.14. The zero-order valence-corrected chi connectivity index (χ0v) is 16.4. The number of alkyl carbamates (subject to hydrolysis) is 1. The molecule has 1 heterocycles. The van der Waals surface area contributed by atoms with Gasteiger partial charge < -0.3 is 19.6 Å². The van der Waals surface area contributed by atoms with Crippen molar-refractivity contribution in [3.8, 4) is 11.8 Å². The molecule has 3 rings (SSSR count). The summed E-state index contributed by atoms with van der Waals surface area (Å²) in [4.78, 5) is 23.4. The van der Waals surface area contributed by atoms with Gasteiger partial charge in [0, 0.05) is 17.5 Å². The van der Waals surface area contributed by atoms with Crippen molar-refractivity contribution >= 4 is 17.1 Å². The van der Waals surface area contributed by atoms with Gasteiger partial charge in [-0.3, -0.25) is 0 Å². The van der Waals surface area contributed by atoms with Crippen LogP contribution in [-0.2, 0) is 4.74 Å². The number of amides is 1. The number of hydrogen-bond acceptors (Lipinski definition) is 5. The van der Waals surface area contributed by atoms with Gasteiger partial charge in [-0.25, -0.2) is 9.59 Å². The average Bonchev–Trinajstić information content (AvgIpc) is 2.61. The van der Waals surface area contributed by atoms with Crippen LogP contribution in [0.2, 0.25) is 0 Å². The van der Waals surface area contributed by atoms with Crippen LogP contribution in [0, 0.1) is 11.8 Å². The Hall–Kier alpha value is -2.78. The number of carbonyl (C=O) groups is 1. The molecule has 6 nitrogen and oxygen atoms in total. The molecule has 1 aliphatic rings. The topological polar surface area (TPSA) is 88.8 Å². The number of para-hydroxylation sites is 1. The van der Waals surface area contributed by atoms with Crippen molar-refractivity contribution in [1.29, 1.82) is 0 Å². The molecule has 1 aliphatic carbocycles. The molecule has 0 unspecified atom stereocenters. The molecule has 1 saturated carbocycles. The Morgan fingerprint density at radius 3 is 2.64 bits per heavy atom. The summed E-state index contributed by atoms with van der Waals surface area (Å²) < 4.78 is 10.5. The molecule has 0 bridgehead atoms. The monoisotopic (exact) mass is 383 g/mol. The predicted octanol–water partition coefficient (Wildman–Crippen LogP) is 3.34. The minimum absolute atomic E-state index is 0.0486. The molecule has 0 saturated heterocycles. The van der Waals surface area contributed by atoms with E-state index in [-0.39, 0.29) is 6.04 Å². The summed E-state index contributed by atoms with van der Waals surface area (Å²) in [5.41, 5.74) is -1.12. The van der Waals surface area contributed by atoms with Gasteiger partial charge in [0.25, 0.3) is 0 Å². The highest BCUT2D eigenvalue weighted by Gasteiger charge is 2.33. The number of carbonyl (C=O) groups excluding carboxylic acids is 1. The highest BCUT2D eigenvalue weighted by Crippen LogP contribution is 2.28. The molecule has 2 aromatic rings. The van der Waals surface area contributed by atoms with Crippen LogP contribution in [0.15, 0.2) is 39.5 Å². The van der Waals surface area contributed by atoms with Crippen molar-refractivity contribution < 1.29 is 19.1 Å². The standard InChI is InChI=1S/C22H25NO5/c1-21(2,3)28-20(25)23-17-10-13-22(26,14-11-17)12-9-16-6-4-5-15-7-8-18(24)27-19(15)16/h4-8,17,26H,10-11,13-14H2,1-3H3,(H,23,25)/t17-,22+. The summed E-state index contributed by atoms with van der Waals surface area (Å²) >= 11 is 0. The Kier molecular flexibility index (Phi) is 5.48. The fourth-order valence-electron chi connectivity index (χ4n) is 3.21. The van der Waals surface area contributed by atoms with Gasteiger partial charge in [-0.2, -0.15) is 0 Å². The SMILES string of the molecule is CC(C)(C)OC(=O)N[C@H]1CC[C@](O)(C#Cc2cccc3ccc(=O)oc23)CC1. The maximum atomic E-state index is 11.9. The second-order valence-electron chi connectivity index (χ2n) is 8.18. The van der Waals surface area contributed by atoms with E-state index in [2.05, 4.69) is 17.2 Å². The van der Waals surface area contributed by atoms with Gasteiger partial charge in [0.2, 0.25) is 0 Å². The van der Waals surface area contributed by atoms with Crippen LogP contribution >= 0.6 is 0 Å². The molecular weight excluding hydrogens is 358 g/mol. The fourth-order valence-corrected chi connectivity index (χ4v) is 3.21. The summed E-state index contributed by atoms with van der Waals surface area (Å²) in [7, 11) is 0. The third-order valence-corrected chi connectivity index (χ3v) is 4.61. The van der Waals surface area contributed by atoms with Crippen molar-refractivity contribution in [1.82, 2.24) is 5.32 Å². The van der Waals surface area contributed by atoms with E-state index < -0.39 is 22.9 Å². The van der Waals surface area contributed by atoms with Crippen molar-refractivity contribution in [3.63, 3.8) is 0 Å². The molecule has 148 valence electrons. The number of hydrogen-bond donors (Lipinski definition) is 2. The van der Waals surface area contributed by atoms with E-state index in [4.69, 9.17) is 9.15 Å². The molecular formula is C22H25NO5. The molecule has 0 aliphatic heterocycles. The molecule has 28 heavy (non-hydrogen) atoms. The van der Waals surface area contributed by atoms with Crippen LogP contribution in [0.4, 0.5) is 4.79 Å². The summed E-state index contributed by atoms with van der Waals surface area (Å²) in [5.74, 6) is 5.90. The highest BCUT2D eigenvalue weighted by atomic mass is 16.6. The van der Waals surface area contributed by atoms with Crippen LogP contribution in [-0.4, -0.2) is 28.4 Å². The zero-order chi connectivity index (χ0) is 20.4. The lowest BCUT2D eigenvalue weighted by molar-refractivity contribution is 0.0343. The molecule has 1 amide bonds. The van der Waals surface area contributed by atoms with Crippen LogP contribution < -0.4 is 10.9 Å². The van der Waals surface area contributed by atoms with Crippen molar-refractivity contribution in [2.24, 2.45) is 0 Å². The van der Waals surface area contributed by atoms with E-state index in [1.54, 1.807) is 12.1 Å². The van der Waals surface area contributed by atoms with Crippen LogP contribution in [0.3, 0.4) is 0 Å². The summed E-state index contributed by atoms with van der Waals surface area (Å²) in [6.07, 6.45) is 1.65. The lowest BCUT2D eigenvalue weighted by atomic mass is 9.82. The molecule has 0 spiro atoms. The zero-order valence-electron chi connectivity index (χ0n) is 16.4. The van der Waals surface area contributed by atoms with Gasteiger partial charge in [0.15, 0.2) is 5.58 Å². The van der Waals surface area contributed by atoms with Crippen LogP contribution in [0.1, 0.15) is 52.0 Å². The van der Waals surface area contributed by atoms with Gasteiger partial charge in [-0.1, -0.05) is 24.0 Å².